The summed E-state index contributed by atoms with van der Waals surface area (Å²) in [7, 11) is 0. The Kier molecular flexibility index (Phi) is 2.86. The van der Waals surface area contributed by atoms with E-state index in [2.05, 4.69) is 25.9 Å². The van der Waals surface area contributed by atoms with Gasteiger partial charge in [0, 0.05) is 22.4 Å². The zero-order valence-corrected chi connectivity index (χ0v) is 12.4. The Labute approximate surface area is 129 Å². The molecule has 4 nitrogen and oxygen atoms in total. The Balaban J connectivity index is 1.86. The summed E-state index contributed by atoms with van der Waals surface area (Å²) in [5.74, 6) is 2.06. The summed E-state index contributed by atoms with van der Waals surface area (Å²) in [6.07, 6.45) is 3.15. The van der Waals surface area contributed by atoms with E-state index in [1.165, 1.54) is 0 Å². The molecule has 1 aliphatic heterocycles. The average Bonchev–Trinajstić information content (AvgIpc) is 2.52. The van der Waals surface area contributed by atoms with Gasteiger partial charge in [0.15, 0.2) is 11.5 Å². The van der Waals surface area contributed by atoms with E-state index in [1.54, 1.807) is 12.4 Å². The molecule has 21 heavy (non-hydrogen) atoms. The number of aromatic nitrogens is 2. The fourth-order valence-corrected chi connectivity index (χ4v) is 2.64. The van der Waals surface area contributed by atoms with Crippen LogP contribution in [0.25, 0.3) is 11.1 Å². The lowest BCUT2D eigenvalue weighted by atomic mass is 10.0. The minimum atomic E-state index is 0.382. The number of hydrogen-bond acceptors (Lipinski definition) is 4. The molecule has 0 saturated heterocycles. The second-order valence-electron chi connectivity index (χ2n) is 4.51. The Morgan fingerprint density at radius 2 is 1.62 bits per heavy atom. The first-order valence-electron chi connectivity index (χ1n) is 6.37. The summed E-state index contributed by atoms with van der Waals surface area (Å²) in [5.41, 5.74) is 1.99. The smallest absolute Gasteiger partial charge is 0.284 e. The van der Waals surface area contributed by atoms with Crippen LogP contribution in [0, 0.1) is 0 Å². The van der Waals surface area contributed by atoms with Crippen molar-refractivity contribution in [2.24, 2.45) is 0 Å². The third-order valence-electron chi connectivity index (χ3n) is 3.15. The van der Waals surface area contributed by atoms with Gasteiger partial charge in [0.25, 0.3) is 11.8 Å². The van der Waals surface area contributed by atoms with Crippen LogP contribution in [0.2, 0.25) is 0 Å². The minimum Gasteiger partial charge on any atom is -0.431 e. The highest BCUT2D eigenvalue weighted by Gasteiger charge is 2.23. The first-order chi connectivity index (χ1) is 10.3. The monoisotopic (exact) mass is 340 g/mol. The van der Waals surface area contributed by atoms with E-state index in [-0.39, 0.29) is 0 Å². The molecule has 0 N–H and O–H groups in total. The summed E-state index contributed by atoms with van der Waals surface area (Å²) in [6.45, 7) is 0. The Bertz CT molecular complexity index is 836. The average molecular weight is 341 g/mol. The van der Waals surface area contributed by atoms with Crippen molar-refractivity contribution in [3.63, 3.8) is 0 Å². The predicted molar refractivity (Wildman–Crippen MR) is 81.8 cm³/mol. The highest BCUT2D eigenvalue weighted by atomic mass is 79.9. The molecule has 1 aromatic heterocycles. The molecule has 4 rings (SSSR count). The van der Waals surface area contributed by atoms with Crippen molar-refractivity contribution in [1.29, 1.82) is 0 Å². The van der Waals surface area contributed by atoms with E-state index >= 15 is 0 Å². The molecular weight excluding hydrogens is 332 g/mol. The minimum absolute atomic E-state index is 0.382. The van der Waals surface area contributed by atoms with Gasteiger partial charge in [-0.2, -0.15) is 0 Å². The lowest BCUT2D eigenvalue weighted by Crippen LogP contribution is -2.03. The summed E-state index contributed by atoms with van der Waals surface area (Å²) in [6, 6.07) is 13.8. The number of nitrogens with zero attached hydrogens (tertiary/aromatic N) is 2. The number of rotatable bonds is 1. The lowest BCUT2D eigenvalue weighted by molar-refractivity contribution is 0.337. The maximum absolute atomic E-state index is 5.89. The largest absolute Gasteiger partial charge is 0.431 e. The summed E-state index contributed by atoms with van der Waals surface area (Å²) < 4.78 is 12.7. The summed E-state index contributed by atoms with van der Waals surface area (Å²) >= 11 is 3.49. The van der Waals surface area contributed by atoms with Gasteiger partial charge < -0.3 is 9.47 Å². The zero-order chi connectivity index (χ0) is 14.2. The van der Waals surface area contributed by atoms with Crippen LogP contribution in [0.3, 0.4) is 0 Å². The molecule has 0 saturated carbocycles. The Morgan fingerprint density at radius 1 is 0.857 bits per heavy atom. The van der Waals surface area contributed by atoms with Gasteiger partial charge in [-0.1, -0.05) is 40.2 Å². The zero-order valence-electron chi connectivity index (χ0n) is 10.8. The van der Waals surface area contributed by atoms with Gasteiger partial charge in [-0.15, -0.1) is 0 Å². The lowest BCUT2D eigenvalue weighted by Gasteiger charge is -2.20. The molecule has 2 aromatic carbocycles. The quantitative estimate of drug-likeness (QED) is 0.499. The Morgan fingerprint density at radius 3 is 2.43 bits per heavy atom. The maximum atomic E-state index is 5.89. The van der Waals surface area contributed by atoms with E-state index in [9.17, 15) is 0 Å². The van der Waals surface area contributed by atoms with Crippen LogP contribution in [-0.2, 0) is 0 Å². The molecule has 0 bridgehead atoms. The van der Waals surface area contributed by atoms with Crippen molar-refractivity contribution in [3.8, 4) is 34.4 Å². The molecule has 5 heteroatoms. The first kappa shape index (κ1) is 12.3. The van der Waals surface area contributed by atoms with Gasteiger partial charge in [-0.05, 0) is 23.8 Å². The van der Waals surface area contributed by atoms with E-state index in [4.69, 9.17) is 9.47 Å². The number of fused-ring (bicyclic) bond motifs is 2. The van der Waals surface area contributed by atoms with Crippen LogP contribution in [0.1, 0.15) is 0 Å². The van der Waals surface area contributed by atoms with E-state index in [0.717, 1.165) is 15.6 Å². The number of hydrogen-bond donors (Lipinski definition) is 0. The molecule has 0 amide bonds. The number of para-hydroxylation sites is 1. The van der Waals surface area contributed by atoms with Crippen LogP contribution in [0.5, 0.6) is 23.3 Å². The van der Waals surface area contributed by atoms with Gasteiger partial charge >= 0.3 is 0 Å². The fraction of sp³-hybridized carbons (Fsp3) is 0. The molecule has 0 aliphatic carbocycles. The molecule has 0 radical (unpaired) electrons. The Hall–Kier alpha value is -2.40. The second-order valence-corrected chi connectivity index (χ2v) is 5.43. The van der Waals surface area contributed by atoms with Gasteiger partial charge in [-0.25, -0.2) is 9.97 Å². The van der Waals surface area contributed by atoms with Crippen molar-refractivity contribution in [3.05, 3.63) is 59.3 Å². The van der Waals surface area contributed by atoms with Crippen molar-refractivity contribution >= 4 is 15.9 Å². The van der Waals surface area contributed by atoms with Crippen molar-refractivity contribution < 1.29 is 9.47 Å². The highest BCUT2D eigenvalue weighted by Crippen LogP contribution is 2.47. The fourth-order valence-electron chi connectivity index (χ4n) is 2.24. The molecule has 0 fully saturated rings. The molecule has 0 atom stereocenters. The second kappa shape index (κ2) is 4.86. The van der Waals surface area contributed by atoms with Crippen molar-refractivity contribution in [2.75, 3.05) is 0 Å². The molecule has 0 unspecified atom stereocenters. The number of halogens is 1. The third-order valence-corrected chi connectivity index (χ3v) is 3.65. The standard InChI is InChI=1S/C16H9BrN2O2/c17-11-4-1-3-10(9-11)12-5-2-6-13-14(12)21-16-15(20-13)18-7-8-19-16/h1-9H. The number of ether oxygens (including phenoxy) is 2. The van der Waals surface area contributed by atoms with Gasteiger partial charge in [0.1, 0.15) is 0 Å². The molecule has 2 heterocycles. The van der Waals surface area contributed by atoms with E-state index in [1.807, 2.05) is 42.5 Å². The van der Waals surface area contributed by atoms with Gasteiger partial charge in [0.2, 0.25) is 0 Å². The molecule has 3 aromatic rings. The van der Waals surface area contributed by atoms with E-state index in [0.29, 0.717) is 23.3 Å². The predicted octanol–water partition coefficient (Wildman–Crippen LogP) is 4.80. The first-order valence-corrected chi connectivity index (χ1v) is 7.16. The summed E-state index contributed by atoms with van der Waals surface area (Å²) in [5, 5.41) is 0. The van der Waals surface area contributed by atoms with Crippen molar-refractivity contribution in [2.45, 2.75) is 0 Å². The van der Waals surface area contributed by atoms with Crippen molar-refractivity contribution in [1.82, 2.24) is 9.97 Å². The molecule has 102 valence electrons. The van der Waals surface area contributed by atoms with Crippen LogP contribution in [-0.4, -0.2) is 9.97 Å². The van der Waals surface area contributed by atoms with Gasteiger partial charge in [0.05, 0.1) is 0 Å². The highest BCUT2D eigenvalue weighted by molar-refractivity contribution is 9.10. The number of benzene rings is 2. The van der Waals surface area contributed by atoms with Crippen LogP contribution >= 0.6 is 15.9 Å². The topological polar surface area (TPSA) is 44.2 Å². The van der Waals surface area contributed by atoms with Crippen LogP contribution < -0.4 is 9.47 Å². The third kappa shape index (κ3) is 2.15. The molecule has 1 aliphatic rings. The normalized spacial score (nSPS) is 11.9. The van der Waals surface area contributed by atoms with Crippen LogP contribution in [0.15, 0.2) is 59.3 Å². The van der Waals surface area contributed by atoms with Crippen LogP contribution in [0.4, 0.5) is 0 Å². The molecule has 0 spiro atoms. The molecular formula is C16H9BrN2O2. The van der Waals surface area contributed by atoms with E-state index < -0.39 is 0 Å². The SMILES string of the molecule is Brc1cccc(-c2cccc3c2Oc2nccnc2O3)c1. The maximum Gasteiger partial charge on any atom is 0.284 e. The van der Waals surface area contributed by atoms with Gasteiger partial charge in [-0.3, -0.25) is 0 Å². The summed E-state index contributed by atoms with van der Waals surface area (Å²) in [4.78, 5) is 8.27.